The van der Waals surface area contributed by atoms with Gasteiger partial charge in [0.25, 0.3) is 0 Å². The molecule has 0 spiro atoms. The topological polar surface area (TPSA) is 66.8 Å². The number of ether oxygens (including phenoxy) is 1. The third-order valence-electron chi connectivity index (χ3n) is 2.41. The summed E-state index contributed by atoms with van der Waals surface area (Å²) in [6.45, 7) is 3.79. The number of rotatable bonds is 5. The molecule has 98 valence electrons. The van der Waals surface area contributed by atoms with Crippen LogP contribution in [0, 0.1) is 6.92 Å². The molecular weight excluding hydrogens is 232 g/mol. The summed E-state index contributed by atoms with van der Waals surface area (Å²) in [6, 6.07) is 7.65. The number of carbonyl (C=O) groups is 1. The summed E-state index contributed by atoms with van der Waals surface area (Å²) in [5.74, 6) is -0.821. The number of esters is 1. The molecule has 2 N–H and O–H groups in total. The zero-order valence-electron chi connectivity index (χ0n) is 10.5. The summed E-state index contributed by atoms with van der Waals surface area (Å²) in [7, 11) is 0. The zero-order chi connectivity index (χ0) is 13.5. The summed E-state index contributed by atoms with van der Waals surface area (Å²) in [6.07, 6.45) is 0.190. The Morgan fingerprint density at radius 3 is 2.50 bits per heavy atom. The minimum atomic E-state index is -1.55. The van der Waals surface area contributed by atoms with Crippen molar-refractivity contribution in [2.45, 2.75) is 26.1 Å². The van der Waals surface area contributed by atoms with Crippen LogP contribution in [0.15, 0.2) is 30.3 Å². The highest BCUT2D eigenvalue weighted by atomic mass is 16.5. The van der Waals surface area contributed by atoms with E-state index in [2.05, 4.69) is 4.74 Å². The fraction of sp³-hybridized carbons (Fsp3) is 0.357. The maximum atomic E-state index is 11.2. The first-order chi connectivity index (χ1) is 8.54. The molecule has 2 atom stereocenters. The van der Waals surface area contributed by atoms with E-state index in [1.807, 2.05) is 31.2 Å². The van der Waals surface area contributed by atoms with Crippen LogP contribution in [0.1, 0.15) is 18.1 Å². The molecule has 1 aromatic rings. The predicted molar refractivity (Wildman–Crippen MR) is 68.9 cm³/mol. The van der Waals surface area contributed by atoms with Gasteiger partial charge in [0.1, 0.15) is 6.10 Å². The van der Waals surface area contributed by atoms with Crippen molar-refractivity contribution in [3.63, 3.8) is 0 Å². The van der Waals surface area contributed by atoms with Crippen molar-refractivity contribution >= 4 is 12.0 Å². The van der Waals surface area contributed by atoms with Crippen LogP contribution in [-0.2, 0) is 9.53 Å². The third-order valence-corrected chi connectivity index (χ3v) is 2.41. The van der Waals surface area contributed by atoms with Crippen LogP contribution in [-0.4, -0.2) is 35.0 Å². The summed E-state index contributed by atoms with van der Waals surface area (Å²) >= 11 is 0. The number of benzene rings is 1. The summed E-state index contributed by atoms with van der Waals surface area (Å²) in [4.78, 5) is 11.2. The van der Waals surface area contributed by atoms with E-state index in [0.717, 1.165) is 11.1 Å². The highest BCUT2D eigenvalue weighted by Gasteiger charge is 2.23. The van der Waals surface area contributed by atoms with E-state index in [9.17, 15) is 15.0 Å². The minimum absolute atomic E-state index is 0.171. The van der Waals surface area contributed by atoms with E-state index < -0.39 is 18.2 Å². The molecule has 0 aromatic heterocycles. The van der Waals surface area contributed by atoms with E-state index in [4.69, 9.17) is 0 Å². The van der Waals surface area contributed by atoms with Gasteiger partial charge in [-0.1, -0.05) is 42.0 Å². The third kappa shape index (κ3) is 4.31. The molecule has 0 fully saturated rings. The van der Waals surface area contributed by atoms with Crippen LogP contribution >= 0.6 is 0 Å². The highest BCUT2D eigenvalue weighted by molar-refractivity contribution is 5.75. The van der Waals surface area contributed by atoms with Gasteiger partial charge in [0.05, 0.1) is 6.61 Å². The molecule has 18 heavy (non-hydrogen) atoms. The van der Waals surface area contributed by atoms with Crippen LogP contribution in [0.4, 0.5) is 0 Å². The zero-order valence-corrected chi connectivity index (χ0v) is 10.5. The Morgan fingerprint density at radius 1 is 1.33 bits per heavy atom. The first-order valence-electron chi connectivity index (χ1n) is 5.82. The number of carbonyl (C=O) groups excluding carboxylic acids is 1. The Hall–Kier alpha value is -1.65. The standard InChI is InChI=1S/C14H18O4/c1-3-18-14(17)13(16)12(15)9-8-11-6-4-10(2)5-7-11/h4-9,12-13,15-16H,3H2,1-2H3/b9-8+/t12-,13+/m0/s1. The van der Waals surface area contributed by atoms with Gasteiger partial charge >= 0.3 is 5.97 Å². The van der Waals surface area contributed by atoms with Crippen LogP contribution in [0.2, 0.25) is 0 Å². The molecule has 0 aliphatic carbocycles. The second kappa shape index (κ2) is 6.93. The number of aliphatic hydroxyl groups is 2. The molecule has 0 radical (unpaired) electrons. The Bertz CT molecular complexity index is 408. The van der Waals surface area contributed by atoms with Gasteiger partial charge < -0.3 is 14.9 Å². The fourth-order valence-electron chi connectivity index (χ4n) is 1.36. The Morgan fingerprint density at radius 2 is 1.94 bits per heavy atom. The lowest BCUT2D eigenvalue weighted by Gasteiger charge is -2.12. The molecule has 1 rings (SSSR count). The highest BCUT2D eigenvalue weighted by Crippen LogP contribution is 2.07. The van der Waals surface area contributed by atoms with E-state index in [1.54, 1.807) is 13.0 Å². The van der Waals surface area contributed by atoms with Gasteiger partial charge in [0.2, 0.25) is 0 Å². The van der Waals surface area contributed by atoms with Crippen molar-refractivity contribution in [1.29, 1.82) is 0 Å². The summed E-state index contributed by atoms with van der Waals surface area (Å²) < 4.78 is 4.61. The molecule has 4 nitrogen and oxygen atoms in total. The first kappa shape index (κ1) is 14.4. The number of aryl methyl sites for hydroxylation is 1. The second-order valence-electron chi connectivity index (χ2n) is 3.96. The van der Waals surface area contributed by atoms with Gasteiger partial charge in [0, 0.05) is 0 Å². The first-order valence-corrected chi connectivity index (χ1v) is 5.82. The number of hydrogen-bond acceptors (Lipinski definition) is 4. The molecule has 0 aliphatic heterocycles. The van der Waals surface area contributed by atoms with E-state index >= 15 is 0 Å². The van der Waals surface area contributed by atoms with Gasteiger partial charge in [-0.15, -0.1) is 0 Å². The van der Waals surface area contributed by atoms with Crippen LogP contribution < -0.4 is 0 Å². The van der Waals surface area contributed by atoms with Gasteiger partial charge in [0.15, 0.2) is 6.10 Å². The largest absolute Gasteiger partial charge is 0.464 e. The van der Waals surface area contributed by atoms with Crippen molar-refractivity contribution < 1.29 is 19.7 Å². The SMILES string of the molecule is CCOC(=O)[C@H](O)[C@@H](O)/C=C/c1ccc(C)cc1. The van der Waals surface area contributed by atoms with Crippen molar-refractivity contribution in [3.05, 3.63) is 41.5 Å². The predicted octanol–water partition coefficient (Wildman–Crippen LogP) is 1.29. The molecular formula is C14H18O4. The lowest BCUT2D eigenvalue weighted by atomic mass is 10.1. The lowest BCUT2D eigenvalue weighted by Crippen LogP contribution is -2.34. The molecule has 0 bridgehead atoms. The Kier molecular flexibility index (Phi) is 5.55. The van der Waals surface area contributed by atoms with E-state index in [1.165, 1.54) is 6.08 Å². The minimum Gasteiger partial charge on any atom is -0.464 e. The maximum absolute atomic E-state index is 11.2. The monoisotopic (exact) mass is 250 g/mol. The summed E-state index contributed by atoms with van der Waals surface area (Å²) in [5, 5.41) is 19.1. The van der Waals surface area contributed by atoms with Gasteiger partial charge in [-0.05, 0) is 19.4 Å². The van der Waals surface area contributed by atoms with Gasteiger partial charge in [-0.2, -0.15) is 0 Å². The van der Waals surface area contributed by atoms with Crippen molar-refractivity contribution in [2.75, 3.05) is 6.61 Å². The van der Waals surface area contributed by atoms with Gasteiger partial charge in [-0.25, -0.2) is 4.79 Å². The average molecular weight is 250 g/mol. The summed E-state index contributed by atoms with van der Waals surface area (Å²) in [5.41, 5.74) is 2.02. The Labute approximate surface area is 107 Å². The van der Waals surface area contributed by atoms with Crippen LogP contribution in [0.5, 0.6) is 0 Å². The van der Waals surface area contributed by atoms with Crippen molar-refractivity contribution in [3.8, 4) is 0 Å². The molecule has 0 aliphatic rings. The quantitative estimate of drug-likeness (QED) is 0.773. The smallest absolute Gasteiger partial charge is 0.338 e. The molecule has 0 saturated heterocycles. The van der Waals surface area contributed by atoms with Crippen LogP contribution in [0.25, 0.3) is 6.08 Å². The van der Waals surface area contributed by atoms with Crippen LogP contribution in [0.3, 0.4) is 0 Å². The Balaban J connectivity index is 2.60. The maximum Gasteiger partial charge on any atom is 0.338 e. The average Bonchev–Trinajstić information content (AvgIpc) is 2.37. The number of hydrogen-bond donors (Lipinski definition) is 2. The molecule has 4 heteroatoms. The number of aliphatic hydroxyl groups excluding tert-OH is 2. The van der Waals surface area contributed by atoms with Gasteiger partial charge in [-0.3, -0.25) is 0 Å². The normalized spacial score (nSPS) is 14.4. The lowest BCUT2D eigenvalue weighted by molar-refractivity contribution is -0.157. The second-order valence-corrected chi connectivity index (χ2v) is 3.96. The van der Waals surface area contributed by atoms with Crippen molar-refractivity contribution in [2.24, 2.45) is 0 Å². The molecule has 0 saturated carbocycles. The molecule has 0 amide bonds. The molecule has 0 unspecified atom stereocenters. The molecule has 0 heterocycles. The molecule has 1 aromatic carbocycles. The van der Waals surface area contributed by atoms with Crippen molar-refractivity contribution in [1.82, 2.24) is 0 Å². The fourth-order valence-corrected chi connectivity index (χ4v) is 1.36. The van der Waals surface area contributed by atoms with E-state index in [0.29, 0.717) is 0 Å². The van der Waals surface area contributed by atoms with E-state index in [-0.39, 0.29) is 6.61 Å².